The van der Waals surface area contributed by atoms with Crippen LogP contribution in [0, 0.1) is 5.92 Å². The van der Waals surface area contributed by atoms with E-state index in [2.05, 4.69) is 30.5 Å². The van der Waals surface area contributed by atoms with Crippen LogP contribution in [0.2, 0.25) is 0 Å². The Bertz CT molecular complexity index is 972. The lowest BCUT2D eigenvalue weighted by atomic mass is 9.85. The molecule has 0 atom stereocenters. The zero-order valence-electron chi connectivity index (χ0n) is 18.3. The smallest absolute Gasteiger partial charge is 0.251 e. The van der Waals surface area contributed by atoms with Crippen molar-refractivity contribution in [3.8, 4) is 5.75 Å². The Balaban J connectivity index is 1.84. The minimum atomic E-state index is -0.161. The molecule has 0 aliphatic carbocycles. The van der Waals surface area contributed by atoms with Crippen LogP contribution in [0.4, 0.5) is 0 Å². The molecule has 1 aliphatic rings. The highest BCUT2D eigenvalue weighted by atomic mass is 16.5. The number of methoxy groups -OCH3 is 1. The second kappa shape index (κ2) is 8.74. The summed E-state index contributed by atoms with van der Waals surface area (Å²) in [6.45, 7) is 8.94. The molecule has 158 valence electrons. The van der Waals surface area contributed by atoms with Gasteiger partial charge in [-0.25, -0.2) is 0 Å². The third kappa shape index (κ3) is 5.09. The van der Waals surface area contributed by atoms with E-state index in [9.17, 15) is 9.59 Å². The van der Waals surface area contributed by atoms with E-state index in [-0.39, 0.29) is 17.2 Å². The van der Waals surface area contributed by atoms with Gasteiger partial charge in [0.05, 0.1) is 7.11 Å². The molecule has 30 heavy (non-hydrogen) atoms. The standard InChI is InChI=1S/C25H30N2O3/c1-16(2)15-26-24(29)18-8-6-17(7-9-18)23(28)13-22-21-12-20(30-5)11-10-19(21)14-25(3,4)27-22/h6-13,16,27H,14-15H2,1-5H3,(H,26,29)/b22-13-. The van der Waals surface area contributed by atoms with Gasteiger partial charge in [-0.05, 0) is 56.0 Å². The Kier molecular flexibility index (Phi) is 6.30. The van der Waals surface area contributed by atoms with Gasteiger partial charge in [0.25, 0.3) is 5.91 Å². The lowest BCUT2D eigenvalue weighted by molar-refractivity contribution is 0.0947. The number of ketones is 1. The summed E-state index contributed by atoms with van der Waals surface area (Å²) in [5.74, 6) is 0.899. The first kappa shape index (κ1) is 21.6. The molecule has 0 aromatic heterocycles. The zero-order valence-corrected chi connectivity index (χ0v) is 18.3. The number of carbonyl (C=O) groups excluding carboxylic acids is 2. The molecule has 2 aromatic rings. The van der Waals surface area contributed by atoms with Crippen LogP contribution in [0.1, 0.15) is 59.5 Å². The maximum absolute atomic E-state index is 12.9. The maximum Gasteiger partial charge on any atom is 0.251 e. The lowest BCUT2D eigenvalue weighted by Gasteiger charge is -2.35. The van der Waals surface area contributed by atoms with Gasteiger partial charge in [0.1, 0.15) is 5.75 Å². The molecule has 0 saturated carbocycles. The first-order chi connectivity index (χ1) is 14.2. The molecule has 0 saturated heterocycles. The van der Waals surface area contributed by atoms with Crippen molar-refractivity contribution in [1.82, 2.24) is 10.6 Å². The summed E-state index contributed by atoms with van der Waals surface area (Å²) >= 11 is 0. The number of hydrogen-bond acceptors (Lipinski definition) is 4. The van der Waals surface area contributed by atoms with E-state index in [1.165, 1.54) is 5.56 Å². The van der Waals surface area contributed by atoms with Crippen molar-refractivity contribution in [2.75, 3.05) is 13.7 Å². The summed E-state index contributed by atoms with van der Waals surface area (Å²) in [5, 5.41) is 6.36. The molecule has 0 unspecified atom stereocenters. The molecular weight excluding hydrogens is 376 g/mol. The first-order valence-corrected chi connectivity index (χ1v) is 10.3. The van der Waals surface area contributed by atoms with Crippen LogP contribution < -0.4 is 15.4 Å². The summed E-state index contributed by atoms with van der Waals surface area (Å²) in [4.78, 5) is 25.1. The molecule has 1 amide bonds. The van der Waals surface area contributed by atoms with Crippen molar-refractivity contribution in [2.24, 2.45) is 5.92 Å². The van der Waals surface area contributed by atoms with Crippen LogP contribution in [0.25, 0.3) is 5.70 Å². The highest BCUT2D eigenvalue weighted by molar-refractivity contribution is 6.09. The number of nitrogens with one attached hydrogen (secondary N) is 2. The predicted molar refractivity (Wildman–Crippen MR) is 120 cm³/mol. The summed E-state index contributed by atoms with van der Waals surface area (Å²) < 4.78 is 5.36. The van der Waals surface area contributed by atoms with E-state index < -0.39 is 0 Å². The Morgan fingerprint density at radius 3 is 2.43 bits per heavy atom. The van der Waals surface area contributed by atoms with E-state index in [0.717, 1.165) is 23.4 Å². The molecular formula is C25H30N2O3. The van der Waals surface area contributed by atoms with Crippen LogP contribution in [0.15, 0.2) is 48.5 Å². The van der Waals surface area contributed by atoms with Crippen molar-refractivity contribution in [2.45, 2.75) is 39.7 Å². The van der Waals surface area contributed by atoms with Crippen LogP contribution in [0.3, 0.4) is 0 Å². The average Bonchev–Trinajstić information content (AvgIpc) is 2.71. The zero-order chi connectivity index (χ0) is 21.9. The van der Waals surface area contributed by atoms with Crippen LogP contribution in [-0.4, -0.2) is 30.9 Å². The fourth-order valence-electron chi connectivity index (χ4n) is 3.55. The molecule has 5 heteroatoms. The largest absolute Gasteiger partial charge is 0.497 e. The number of ether oxygens (including phenoxy) is 1. The minimum Gasteiger partial charge on any atom is -0.497 e. The number of fused-ring (bicyclic) bond motifs is 1. The Hall–Kier alpha value is -3.08. The number of amides is 1. The Labute approximate surface area is 178 Å². The number of carbonyl (C=O) groups is 2. The predicted octanol–water partition coefficient (Wildman–Crippen LogP) is 4.23. The van der Waals surface area contributed by atoms with Crippen molar-refractivity contribution in [1.29, 1.82) is 0 Å². The Morgan fingerprint density at radius 1 is 1.13 bits per heavy atom. The lowest BCUT2D eigenvalue weighted by Crippen LogP contribution is -2.43. The Morgan fingerprint density at radius 2 is 1.80 bits per heavy atom. The first-order valence-electron chi connectivity index (χ1n) is 10.3. The molecule has 2 N–H and O–H groups in total. The van der Waals surface area contributed by atoms with Crippen LogP contribution in [0.5, 0.6) is 5.75 Å². The third-order valence-corrected chi connectivity index (χ3v) is 5.09. The van der Waals surface area contributed by atoms with Gasteiger partial charge in [0.2, 0.25) is 0 Å². The molecule has 2 aromatic carbocycles. The average molecular weight is 407 g/mol. The number of allylic oxidation sites excluding steroid dienone is 1. The van der Waals surface area contributed by atoms with Gasteiger partial charge in [-0.3, -0.25) is 9.59 Å². The fraction of sp³-hybridized carbons (Fsp3) is 0.360. The number of rotatable bonds is 6. The van der Waals surface area contributed by atoms with Gasteiger partial charge in [-0.2, -0.15) is 0 Å². The molecule has 5 nitrogen and oxygen atoms in total. The van der Waals surface area contributed by atoms with Crippen LogP contribution >= 0.6 is 0 Å². The summed E-state index contributed by atoms with van der Waals surface area (Å²) in [5.41, 5.74) is 3.86. The summed E-state index contributed by atoms with van der Waals surface area (Å²) in [6, 6.07) is 12.7. The maximum atomic E-state index is 12.9. The number of benzene rings is 2. The van der Waals surface area contributed by atoms with Gasteiger partial charge in [0, 0.05) is 40.5 Å². The minimum absolute atomic E-state index is 0.113. The van der Waals surface area contributed by atoms with E-state index in [1.807, 2.05) is 26.0 Å². The highest BCUT2D eigenvalue weighted by Gasteiger charge is 2.28. The topological polar surface area (TPSA) is 67.4 Å². The molecule has 0 bridgehead atoms. The van der Waals surface area contributed by atoms with E-state index >= 15 is 0 Å². The highest BCUT2D eigenvalue weighted by Crippen LogP contribution is 2.32. The fourth-order valence-corrected chi connectivity index (χ4v) is 3.55. The van der Waals surface area contributed by atoms with Crippen molar-refractivity contribution < 1.29 is 14.3 Å². The quantitative estimate of drug-likeness (QED) is 0.557. The monoisotopic (exact) mass is 406 g/mol. The second-order valence-corrected chi connectivity index (χ2v) is 8.81. The summed E-state index contributed by atoms with van der Waals surface area (Å²) in [7, 11) is 1.63. The van der Waals surface area contributed by atoms with Gasteiger partial charge in [-0.15, -0.1) is 0 Å². The van der Waals surface area contributed by atoms with E-state index in [1.54, 1.807) is 37.5 Å². The number of hydrogen-bond donors (Lipinski definition) is 2. The molecule has 1 heterocycles. The van der Waals surface area contributed by atoms with Gasteiger partial charge >= 0.3 is 0 Å². The molecule has 0 fully saturated rings. The third-order valence-electron chi connectivity index (χ3n) is 5.09. The molecule has 0 radical (unpaired) electrons. The molecule has 0 spiro atoms. The normalized spacial score (nSPS) is 16.0. The SMILES string of the molecule is COc1ccc2c(c1)/C(=C/C(=O)c1ccc(C(=O)NCC(C)C)cc1)NC(C)(C)C2. The van der Waals surface area contributed by atoms with Gasteiger partial charge in [0.15, 0.2) is 5.78 Å². The van der Waals surface area contributed by atoms with E-state index in [0.29, 0.717) is 23.6 Å². The van der Waals surface area contributed by atoms with Crippen molar-refractivity contribution in [3.63, 3.8) is 0 Å². The van der Waals surface area contributed by atoms with E-state index in [4.69, 9.17) is 4.74 Å². The van der Waals surface area contributed by atoms with Gasteiger partial charge < -0.3 is 15.4 Å². The molecule has 3 rings (SSSR count). The molecule has 1 aliphatic heterocycles. The second-order valence-electron chi connectivity index (χ2n) is 8.81. The van der Waals surface area contributed by atoms with Gasteiger partial charge in [-0.1, -0.05) is 32.0 Å². The van der Waals surface area contributed by atoms with Crippen molar-refractivity contribution in [3.05, 3.63) is 70.8 Å². The van der Waals surface area contributed by atoms with Crippen LogP contribution in [-0.2, 0) is 6.42 Å². The summed E-state index contributed by atoms with van der Waals surface area (Å²) in [6.07, 6.45) is 2.49. The van der Waals surface area contributed by atoms with Crippen molar-refractivity contribution >= 4 is 17.4 Å².